The van der Waals surface area contributed by atoms with Crippen molar-refractivity contribution in [2.45, 2.75) is 18.6 Å². The Morgan fingerprint density at radius 1 is 1.44 bits per heavy atom. The standard InChI is InChI=1S/C11H17BrN2O2/c1-14-5-4-10(15)11(16)8-6-7(12)2-3-9(8)13/h2-3,6,10-11,14-16H,4-5,13H2,1H3. The van der Waals surface area contributed by atoms with E-state index in [4.69, 9.17) is 5.73 Å². The number of nitrogen functional groups attached to an aromatic ring is 1. The van der Waals surface area contributed by atoms with Gasteiger partial charge in [0.15, 0.2) is 0 Å². The van der Waals surface area contributed by atoms with Crippen molar-refractivity contribution >= 4 is 21.6 Å². The second kappa shape index (κ2) is 6.20. The molecule has 5 N–H and O–H groups in total. The van der Waals surface area contributed by atoms with Gasteiger partial charge in [0.1, 0.15) is 6.10 Å². The van der Waals surface area contributed by atoms with Crippen LogP contribution in [0.15, 0.2) is 22.7 Å². The fourth-order valence-corrected chi connectivity index (χ4v) is 1.84. The van der Waals surface area contributed by atoms with Crippen molar-refractivity contribution in [2.75, 3.05) is 19.3 Å². The molecule has 16 heavy (non-hydrogen) atoms. The molecule has 1 aromatic carbocycles. The summed E-state index contributed by atoms with van der Waals surface area (Å²) in [6, 6.07) is 5.22. The summed E-state index contributed by atoms with van der Waals surface area (Å²) in [4.78, 5) is 0. The number of hydrogen-bond acceptors (Lipinski definition) is 4. The summed E-state index contributed by atoms with van der Waals surface area (Å²) in [6.07, 6.45) is -1.29. The fourth-order valence-electron chi connectivity index (χ4n) is 1.46. The molecule has 2 unspecified atom stereocenters. The molecule has 0 saturated carbocycles. The zero-order valence-electron chi connectivity index (χ0n) is 9.15. The molecule has 0 fully saturated rings. The number of rotatable bonds is 5. The summed E-state index contributed by atoms with van der Waals surface area (Å²) in [6.45, 7) is 0.645. The molecule has 1 aromatic rings. The van der Waals surface area contributed by atoms with E-state index in [-0.39, 0.29) is 0 Å². The van der Waals surface area contributed by atoms with Crippen molar-refractivity contribution in [3.63, 3.8) is 0 Å². The van der Waals surface area contributed by atoms with Gasteiger partial charge in [-0.3, -0.25) is 0 Å². The van der Waals surface area contributed by atoms with Crippen LogP contribution in [0.4, 0.5) is 5.69 Å². The van der Waals surface area contributed by atoms with E-state index in [0.29, 0.717) is 24.2 Å². The highest BCUT2D eigenvalue weighted by molar-refractivity contribution is 9.10. The number of nitrogens with one attached hydrogen (secondary N) is 1. The molecule has 0 aromatic heterocycles. The molecule has 2 atom stereocenters. The summed E-state index contributed by atoms with van der Waals surface area (Å²) in [5, 5.41) is 22.6. The van der Waals surface area contributed by atoms with E-state index >= 15 is 0 Å². The van der Waals surface area contributed by atoms with Crippen molar-refractivity contribution in [1.82, 2.24) is 5.32 Å². The van der Waals surface area contributed by atoms with Gasteiger partial charge >= 0.3 is 0 Å². The lowest BCUT2D eigenvalue weighted by Crippen LogP contribution is -2.24. The van der Waals surface area contributed by atoms with Crippen LogP contribution in [0.5, 0.6) is 0 Å². The van der Waals surface area contributed by atoms with Crippen LogP contribution < -0.4 is 11.1 Å². The van der Waals surface area contributed by atoms with E-state index < -0.39 is 12.2 Å². The van der Waals surface area contributed by atoms with Gasteiger partial charge in [0.2, 0.25) is 0 Å². The molecule has 0 spiro atoms. The maximum absolute atomic E-state index is 9.94. The van der Waals surface area contributed by atoms with Gasteiger partial charge in [-0.05, 0) is 38.2 Å². The first-order valence-electron chi connectivity index (χ1n) is 5.12. The average Bonchev–Trinajstić information content (AvgIpc) is 2.28. The molecule has 5 heteroatoms. The number of benzene rings is 1. The van der Waals surface area contributed by atoms with Gasteiger partial charge in [-0.2, -0.15) is 0 Å². The van der Waals surface area contributed by atoms with Crippen molar-refractivity contribution in [3.8, 4) is 0 Å². The SMILES string of the molecule is CNCCC(O)C(O)c1cc(Br)ccc1N. The van der Waals surface area contributed by atoms with Crippen LogP contribution >= 0.6 is 15.9 Å². The minimum absolute atomic E-state index is 0.476. The summed E-state index contributed by atoms with van der Waals surface area (Å²) in [7, 11) is 1.80. The first-order chi connectivity index (χ1) is 7.56. The Kier molecular flexibility index (Phi) is 5.21. The van der Waals surface area contributed by atoms with Crippen molar-refractivity contribution in [1.29, 1.82) is 0 Å². The van der Waals surface area contributed by atoms with Gasteiger partial charge in [-0.25, -0.2) is 0 Å². The maximum Gasteiger partial charge on any atom is 0.107 e. The maximum atomic E-state index is 9.94. The Bertz CT molecular complexity index is 347. The van der Waals surface area contributed by atoms with Crippen molar-refractivity contribution in [3.05, 3.63) is 28.2 Å². The van der Waals surface area contributed by atoms with Crippen LogP contribution in [0.3, 0.4) is 0 Å². The molecule has 0 aliphatic heterocycles. The van der Waals surface area contributed by atoms with E-state index in [2.05, 4.69) is 21.2 Å². The number of aliphatic hydroxyl groups is 2. The van der Waals surface area contributed by atoms with Crippen LogP contribution in [0.1, 0.15) is 18.1 Å². The average molecular weight is 289 g/mol. The Balaban J connectivity index is 2.78. The smallest absolute Gasteiger partial charge is 0.107 e. The van der Waals surface area contributed by atoms with Crippen molar-refractivity contribution in [2.24, 2.45) is 0 Å². The Labute approximate surface area is 104 Å². The number of nitrogens with two attached hydrogens (primary N) is 1. The third-order valence-corrected chi connectivity index (χ3v) is 2.92. The van der Waals surface area contributed by atoms with Gasteiger partial charge in [0, 0.05) is 15.7 Å². The molecule has 0 aliphatic carbocycles. The van der Waals surface area contributed by atoms with Gasteiger partial charge < -0.3 is 21.3 Å². The molecule has 1 rings (SSSR count). The van der Waals surface area contributed by atoms with Gasteiger partial charge in [-0.1, -0.05) is 15.9 Å². The Hall–Kier alpha value is -0.620. The molecule has 90 valence electrons. The fraction of sp³-hybridized carbons (Fsp3) is 0.455. The summed E-state index contributed by atoms with van der Waals surface area (Å²) in [5.41, 5.74) is 6.79. The normalized spacial score (nSPS) is 14.8. The highest BCUT2D eigenvalue weighted by Crippen LogP contribution is 2.27. The summed E-state index contributed by atoms with van der Waals surface area (Å²) >= 11 is 3.31. The Morgan fingerprint density at radius 3 is 2.75 bits per heavy atom. The minimum Gasteiger partial charge on any atom is -0.398 e. The first-order valence-corrected chi connectivity index (χ1v) is 5.91. The molecule has 4 nitrogen and oxygen atoms in total. The minimum atomic E-state index is -0.953. The molecule has 0 bridgehead atoms. The van der Waals surface area contributed by atoms with E-state index in [0.717, 1.165) is 4.47 Å². The predicted octanol–water partition coefficient (Wildman–Crippen LogP) is 1.04. The zero-order valence-corrected chi connectivity index (χ0v) is 10.7. The van der Waals surface area contributed by atoms with E-state index in [1.54, 1.807) is 25.2 Å². The van der Waals surface area contributed by atoms with Crippen LogP contribution in [-0.4, -0.2) is 29.9 Å². The highest BCUT2D eigenvalue weighted by atomic mass is 79.9. The van der Waals surface area contributed by atoms with E-state index in [9.17, 15) is 10.2 Å². The number of anilines is 1. The molecule has 0 amide bonds. The monoisotopic (exact) mass is 288 g/mol. The number of hydrogen-bond donors (Lipinski definition) is 4. The second-order valence-corrected chi connectivity index (χ2v) is 4.59. The number of halogens is 1. The lowest BCUT2D eigenvalue weighted by Gasteiger charge is -2.19. The Morgan fingerprint density at radius 2 is 2.12 bits per heavy atom. The van der Waals surface area contributed by atoms with Gasteiger partial charge in [-0.15, -0.1) is 0 Å². The number of aliphatic hydroxyl groups excluding tert-OH is 2. The predicted molar refractivity (Wildman–Crippen MR) is 68.1 cm³/mol. The quantitative estimate of drug-likeness (QED) is 0.611. The third kappa shape index (κ3) is 3.45. The van der Waals surface area contributed by atoms with Gasteiger partial charge in [0.05, 0.1) is 6.10 Å². The molecule has 0 heterocycles. The summed E-state index contributed by atoms with van der Waals surface area (Å²) in [5.74, 6) is 0. The van der Waals surface area contributed by atoms with Crippen LogP contribution in [-0.2, 0) is 0 Å². The molecular formula is C11H17BrN2O2. The third-order valence-electron chi connectivity index (χ3n) is 2.42. The lowest BCUT2D eigenvalue weighted by molar-refractivity contribution is 0.0144. The topological polar surface area (TPSA) is 78.5 Å². The van der Waals surface area contributed by atoms with E-state index in [1.807, 2.05) is 0 Å². The highest BCUT2D eigenvalue weighted by Gasteiger charge is 2.20. The molecular weight excluding hydrogens is 272 g/mol. The lowest BCUT2D eigenvalue weighted by atomic mass is 10.0. The molecule has 0 radical (unpaired) electrons. The van der Waals surface area contributed by atoms with Crippen LogP contribution in [0.25, 0.3) is 0 Å². The van der Waals surface area contributed by atoms with Gasteiger partial charge in [0.25, 0.3) is 0 Å². The molecule has 0 aliphatic rings. The largest absolute Gasteiger partial charge is 0.398 e. The zero-order chi connectivity index (χ0) is 12.1. The first kappa shape index (κ1) is 13.4. The second-order valence-electron chi connectivity index (χ2n) is 3.68. The van der Waals surface area contributed by atoms with Crippen LogP contribution in [0.2, 0.25) is 0 Å². The summed E-state index contributed by atoms with van der Waals surface area (Å²) < 4.78 is 0.830. The molecule has 0 saturated heterocycles. The van der Waals surface area contributed by atoms with Crippen LogP contribution in [0, 0.1) is 0 Å². The van der Waals surface area contributed by atoms with Crippen molar-refractivity contribution < 1.29 is 10.2 Å². The van der Waals surface area contributed by atoms with E-state index in [1.165, 1.54) is 0 Å².